The molecule has 2 N–H and O–H groups in total. The number of Topliss-reactive ketones (excluding diaryl/α,β-unsaturated/α-hetero) is 1. The molecule has 2 rings (SSSR count). The van der Waals surface area contributed by atoms with E-state index in [9.17, 15) is 14.4 Å². The van der Waals surface area contributed by atoms with E-state index in [1.165, 1.54) is 17.8 Å². The van der Waals surface area contributed by atoms with Crippen LogP contribution in [-0.4, -0.2) is 17.6 Å². The molecule has 2 amide bonds. The molecule has 1 aliphatic carbocycles. The Hall–Kier alpha value is -1.69. The lowest BCUT2D eigenvalue weighted by atomic mass is 9.89. The van der Waals surface area contributed by atoms with Gasteiger partial charge in [0.25, 0.3) is 0 Å². The van der Waals surface area contributed by atoms with Gasteiger partial charge in [-0.1, -0.05) is 25.3 Å². The van der Waals surface area contributed by atoms with Gasteiger partial charge in [0.05, 0.1) is 4.88 Å². The topological polar surface area (TPSA) is 75.3 Å². The van der Waals surface area contributed by atoms with E-state index in [2.05, 4.69) is 10.9 Å². The molecular formula is C15H20N2O3S. The van der Waals surface area contributed by atoms with E-state index in [0.29, 0.717) is 4.88 Å². The lowest BCUT2D eigenvalue weighted by molar-refractivity contribution is -0.131. The van der Waals surface area contributed by atoms with Crippen molar-refractivity contribution in [2.75, 3.05) is 0 Å². The second-order valence-electron chi connectivity index (χ2n) is 5.27. The van der Waals surface area contributed by atoms with Gasteiger partial charge in [0.1, 0.15) is 0 Å². The second-order valence-corrected chi connectivity index (χ2v) is 6.22. The largest absolute Gasteiger partial charge is 0.293 e. The van der Waals surface area contributed by atoms with Crippen LogP contribution in [0.25, 0.3) is 0 Å². The van der Waals surface area contributed by atoms with Gasteiger partial charge in [0.15, 0.2) is 5.78 Å². The van der Waals surface area contributed by atoms with Crippen molar-refractivity contribution < 1.29 is 14.4 Å². The molecule has 1 aromatic heterocycles. The summed E-state index contributed by atoms with van der Waals surface area (Å²) in [5.74, 6) is -0.484. The van der Waals surface area contributed by atoms with E-state index < -0.39 is 0 Å². The number of amides is 2. The first-order valence-corrected chi connectivity index (χ1v) is 8.20. The number of nitrogens with one attached hydrogen (secondary N) is 2. The van der Waals surface area contributed by atoms with Gasteiger partial charge in [0.2, 0.25) is 11.8 Å². The first-order chi connectivity index (χ1) is 10.2. The molecule has 0 spiro atoms. The van der Waals surface area contributed by atoms with Crippen LogP contribution >= 0.6 is 11.3 Å². The minimum atomic E-state index is -0.330. The molecule has 1 aromatic rings. The first kappa shape index (κ1) is 15.7. The Balaban J connectivity index is 1.65. The number of hydrogen-bond donors (Lipinski definition) is 2. The number of ketones is 1. The Bertz CT molecular complexity index is 493. The molecule has 1 saturated carbocycles. The van der Waals surface area contributed by atoms with Crippen LogP contribution in [0.1, 0.15) is 54.6 Å². The SMILES string of the molecule is O=C(CCC(=O)c1cccs1)NNC(=O)C1CCCCC1. The van der Waals surface area contributed by atoms with Crippen LogP contribution in [-0.2, 0) is 9.59 Å². The van der Waals surface area contributed by atoms with E-state index in [1.54, 1.807) is 6.07 Å². The maximum Gasteiger partial charge on any atom is 0.241 e. The van der Waals surface area contributed by atoms with E-state index in [4.69, 9.17) is 0 Å². The zero-order valence-corrected chi connectivity index (χ0v) is 12.7. The summed E-state index contributed by atoms with van der Waals surface area (Å²) in [5, 5.41) is 1.83. The van der Waals surface area contributed by atoms with Crippen LogP contribution in [0.2, 0.25) is 0 Å². The van der Waals surface area contributed by atoms with E-state index in [0.717, 1.165) is 25.7 Å². The lowest BCUT2D eigenvalue weighted by Gasteiger charge is -2.20. The Morgan fingerprint density at radius 3 is 2.52 bits per heavy atom. The van der Waals surface area contributed by atoms with Crippen LogP contribution in [0.4, 0.5) is 0 Å². The Morgan fingerprint density at radius 2 is 1.86 bits per heavy atom. The van der Waals surface area contributed by atoms with Crippen molar-refractivity contribution in [3.05, 3.63) is 22.4 Å². The third-order valence-electron chi connectivity index (χ3n) is 3.68. The Morgan fingerprint density at radius 1 is 1.10 bits per heavy atom. The maximum absolute atomic E-state index is 11.8. The summed E-state index contributed by atoms with van der Waals surface area (Å²) in [7, 11) is 0. The number of hydrazine groups is 1. The summed E-state index contributed by atoms with van der Waals surface area (Å²) in [6, 6.07) is 3.55. The van der Waals surface area contributed by atoms with Gasteiger partial charge in [-0.3, -0.25) is 25.2 Å². The molecule has 6 heteroatoms. The highest BCUT2D eigenvalue weighted by Crippen LogP contribution is 2.23. The second kappa shape index (κ2) is 7.93. The number of carbonyl (C=O) groups excluding carboxylic acids is 3. The zero-order valence-electron chi connectivity index (χ0n) is 11.9. The predicted molar refractivity (Wildman–Crippen MR) is 80.7 cm³/mol. The van der Waals surface area contributed by atoms with Crippen molar-refractivity contribution >= 4 is 28.9 Å². The van der Waals surface area contributed by atoms with Crippen molar-refractivity contribution in [1.29, 1.82) is 0 Å². The third kappa shape index (κ3) is 4.97. The standard InChI is InChI=1S/C15H20N2O3S/c18-12(13-7-4-10-21-13)8-9-14(19)16-17-15(20)11-5-2-1-3-6-11/h4,7,10-11H,1-3,5-6,8-9H2,(H,16,19)(H,17,20). The summed E-state index contributed by atoms with van der Waals surface area (Å²) in [4.78, 5) is 35.9. The lowest BCUT2D eigenvalue weighted by Crippen LogP contribution is -2.45. The van der Waals surface area contributed by atoms with Crippen molar-refractivity contribution in [3.63, 3.8) is 0 Å². The fourth-order valence-electron chi connectivity index (χ4n) is 2.45. The van der Waals surface area contributed by atoms with E-state index in [-0.39, 0.29) is 36.4 Å². The quantitative estimate of drug-likeness (QED) is 0.648. The summed E-state index contributed by atoms with van der Waals surface area (Å²) in [6.07, 6.45) is 5.34. The zero-order chi connectivity index (χ0) is 15.1. The molecule has 0 aliphatic heterocycles. The van der Waals surface area contributed by atoms with Gasteiger partial charge in [-0.2, -0.15) is 0 Å². The van der Waals surface area contributed by atoms with Crippen molar-refractivity contribution in [3.8, 4) is 0 Å². The molecule has 0 saturated heterocycles. The normalized spacial score (nSPS) is 15.4. The van der Waals surface area contributed by atoms with Crippen LogP contribution in [0.3, 0.4) is 0 Å². The fourth-order valence-corrected chi connectivity index (χ4v) is 3.14. The van der Waals surface area contributed by atoms with Crippen LogP contribution in [0, 0.1) is 5.92 Å². The summed E-state index contributed by atoms with van der Waals surface area (Å²) in [6.45, 7) is 0. The highest BCUT2D eigenvalue weighted by molar-refractivity contribution is 7.12. The summed E-state index contributed by atoms with van der Waals surface area (Å²) < 4.78 is 0. The minimum Gasteiger partial charge on any atom is -0.293 e. The minimum absolute atomic E-state index is 0.00630. The van der Waals surface area contributed by atoms with E-state index in [1.807, 2.05) is 11.4 Å². The molecule has 21 heavy (non-hydrogen) atoms. The van der Waals surface area contributed by atoms with Gasteiger partial charge >= 0.3 is 0 Å². The summed E-state index contributed by atoms with van der Waals surface area (Å²) >= 11 is 1.37. The molecule has 0 unspecified atom stereocenters. The predicted octanol–water partition coefficient (Wildman–Crippen LogP) is 2.44. The van der Waals surface area contributed by atoms with Gasteiger partial charge < -0.3 is 0 Å². The molecule has 0 bridgehead atoms. The molecule has 114 valence electrons. The van der Waals surface area contributed by atoms with Crippen molar-refractivity contribution in [2.45, 2.75) is 44.9 Å². The monoisotopic (exact) mass is 308 g/mol. The van der Waals surface area contributed by atoms with Gasteiger partial charge in [-0.15, -0.1) is 11.3 Å². The number of thiophene rings is 1. The molecule has 0 atom stereocenters. The van der Waals surface area contributed by atoms with Gasteiger partial charge in [-0.05, 0) is 24.3 Å². The van der Waals surface area contributed by atoms with Crippen LogP contribution in [0.15, 0.2) is 17.5 Å². The molecule has 0 radical (unpaired) electrons. The molecule has 1 fully saturated rings. The fraction of sp³-hybridized carbons (Fsp3) is 0.533. The maximum atomic E-state index is 11.8. The number of carbonyl (C=O) groups is 3. The third-order valence-corrected chi connectivity index (χ3v) is 4.59. The number of hydrogen-bond acceptors (Lipinski definition) is 4. The average Bonchev–Trinajstić information content (AvgIpc) is 3.05. The van der Waals surface area contributed by atoms with Crippen molar-refractivity contribution in [1.82, 2.24) is 10.9 Å². The van der Waals surface area contributed by atoms with Crippen LogP contribution in [0.5, 0.6) is 0 Å². The van der Waals surface area contributed by atoms with Gasteiger partial charge in [0, 0.05) is 18.8 Å². The van der Waals surface area contributed by atoms with Gasteiger partial charge in [-0.25, -0.2) is 0 Å². The highest BCUT2D eigenvalue weighted by atomic mass is 32.1. The van der Waals surface area contributed by atoms with E-state index >= 15 is 0 Å². The molecule has 0 aromatic carbocycles. The molecule has 5 nitrogen and oxygen atoms in total. The Kier molecular flexibility index (Phi) is 5.92. The highest BCUT2D eigenvalue weighted by Gasteiger charge is 2.21. The first-order valence-electron chi connectivity index (χ1n) is 7.32. The molecular weight excluding hydrogens is 288 g/mol. The summed E-state index contributed by atoms with van der Waals surface area (Å²) in [5.41, 5.74) is 4.86. The molecule has 1 heterocycles. The van der Waals surface area contributed by atoms with Crippen LogP contribution < -0.4 is 10.9 Å². The smallest absolute Gasteiger partial charge is 0.241 e. The molecule has 1 aliphatic rings. The van der Waals surface area contributed by atoms with Crippen molar-refractivity contribution in [2.24, 2.45) is 5.92 Å². The number of rotatable bonds is 5. The average molecular weight is 308 g/mol. The Labute approximate surface area is 128 Å².